The molecule has 1 heterocycles. The lowest BCUT2D eigenvalue weighted by Crippen LogP contribution is -2.19. The predicted octanol–water partition coefficient (Wildman–Crippen LogP) is 2.60. The van der Waals surface area contributed by atoms with Crippen molar-refractivity contribution in [3.8, 4) is 11.9 Å². The third kappa shape index (κ3) is 3.13. The maximum atomic E-state index is 12.4. The number of aromatic nitrogens is 1. The highest BCUT2D eigenvalue weighted by Gasteiger charge is 2.33. The largest absolute Gasteiger partial charge is 0.574 e. The minimum Gasteiger partial charge on any atom is -0.387 e. The molecule has 0 bridgehead atoms. The molecule has 0 fully saturated rings. The molecule has 96 valence electrons. The number of nitriles is 1. The Kier molecular flexibility index (Phi) is 3.80. The highest BCUT2D eigenvalue weighted by molar-refractivity contribution is 5.79. The maximum Gasteiger partial charge on any atom is 0.574 e. The third-order valence-electron chi connectivity index (χ3n) is 1.73. The Morgan fingerprint density at radius 1 is 1.44 bits per heavy atom. The number of nitrogens with zero attached hydrogens (tertiary/aromatic N) is 2. The number of carbonyl (C=O) groups excluding carboxylic acids is 1. The van der Waals surface area contributed by atoms with Crippen molar-refractivity contribution in [1.82, 2.24) is 4.98 Å². The molecule has 0 spiro atoms. The molecule has 0 aliphatic rings. The van der Waals surface area contributed by atoms with E-state index in [0.717, 1.165) is 0 Å². The first-order valence-electron chi connectivity index (χ1n) is 4.22. The summed E-state index contributed by atoms with van der Waals surface area (Å²) >= 11 is 0. The molecule has 0 radical (unpaired) electrons. The average molecular weight is 266 g/mol. The Labute approximate surface area is 96.6 Å². The normalized spacial score (nSPS) is 11.2. The minimum atomic E-state index is -5.15. The van der Waals surface area contributed by atoms with E-state index in [4.69, 9.17) is 5.26 Å². The lowest BCUT2D eigenvalue weighted by atomic mass is 10.1. The Hall–Kier alpha value is -2.24. The number of ether oxygens (including phenoxy) is 1. The molecular formula is C9H3F5N2O2. The van der Waals surface area contributed by atoms with Crippen molar-refractivity contribution in [3.05, 3.63) is 22.9 Å². The molecule has 1 aromatic heterocycles. The molecule has 0 atom stereocenters. The van der Waals surface area contributed by atoms with Crippen LogP contribution in [0.15, 0.2) is 6.07 Å². The van der Waals surface area contributed by atoms with E-state index in [1.807, 2.05) is 0 Å². The Bertz CT molecular complexity index is 507. The molecule has 1 aromatic rings. The van der Waals surface area contributed by atoms with Crippen LogP contribution in [-0.2, 0) is 0 Å². The molecule has 0 aromatic carbocycles. The first kappa shape index (κ1) is 13.8. The second kappa shape index (κ2) is 4.95. The molecule has 4 nitrogen and oxygen atoms in total. The van der Waals surface area contributed by atoms with Crippen molar-refractivity contribution >= 4 is 6.29 Å². The lowest BCUT2D eigenvalue weighted by Gasteiger charge is -2.11. The van der Waals surface area contributed by atoms with Crippen LogP contribution in [0, 0.1) is 11.3 Å². The van der Waals surface area contributed by atoms with Gasteiger partial charge in [-0.25, -0.2) is 13.8 Å². The van der Waals surface area contributed by atoms with E-state index >= 15 is 0 Å². The average Bonchev–Trinajstić information content (AvgIpc) is 2.25. The molecule has 0 aliphatic heterocycles. The van der Waals surface area contributed by atoms with Crippen molar-refractivity contribution in [2.45, 2.75) is 12.8 Å². The van der Waals surface area contributed by atoms with Crippen LogP contribution in [0.3, 0.4) is 0 Å². The quantitative estimate of drug-likeness (QED) is 0.623. The van der Waals surface area contributed by atoms with Gasteiger partial charge in [-0.15, -0.1) is 13.2 Å². The Morgan fingerprint density at radius 3 is 2.44 bits per heavy atom. The molecule has 0 N–H and O–H groups in total. The summed E-state index contributed by atoms with van der Waals surface area (Å²) in [7, 11) is 0. The number of pyridine rings is 1. The van der Waals surface area contributed by atoms with Gasteiger partial charge in [0, 0.05) is 0 Å². The number of alkyl halides is 5. The summed E-state index contributed by atoms with van der Waals surface area (Å²) in [6.07, 6.45) is -8.42. The fourth-order valence-electron chi connectivity index (χ4n) is 1.06. The second-order valence-corrected chi connectivity index (χ2v) is 2.90. The van der Waals surface area contributed by atoms with E-state index < -0.39 is 35.5 Å². The van der Waals surface area contributed by atoms with E-state index in [-0.39, 0.29) is 6.29 Å². The van der Waals surface area contributed by atoms with Crippen molar-refractivity contribution < 1.29 is 31.5 Å². The van der Waals surface area contributed by atoms with Crippen LogP contribution in [0.1, 0.15) is 28.0 Å². The predicted molar refractivity (Wildman–Crippen MR) is 46.0 cm³/mol. The van der Waals surface area contributed by atoms with E-state index in [1.165, 1.54) is 6.07 Å². The SMILES string of the molecule is N#Cc1nc(OC(F)(F)F)c(C=O)cc1C(F)F. The second-order valence-electron chi connectivity index (χ2n) is 2.90. The van der Waals surface area contributed by atoms with Crippen molar-refractivity contribution in [2.75, 3.05) is 0 Å². The molecule has 18 heavy (non-hydrogen) atoms. The van der Waals surface area contributed by atoms with Gasteiger partial charge < -0.3 is 4.74 Å². The zero-order valence-electron chi connectivity index (χ0n) is 8.33. The van der Waals surface area contributed by atoms with Crippen LogP contribution >= 0.6 is 0 Å². The number of halogens is 5. The van der Waals surface area contributed by atoms with Gasteiger partial charge in [-0.2, -0.15) is 5.26 Å². The topological polar surface area (TPSA) is 63.0 Å². The van der Waals surface area contributed by atoms with Crippen LogP contribution in [0.4, 0.5) is 22.0 Å². The highest BCUT2D eigenvalue weighted by Crippen LogP contribution is 2.29. The summed E-state index contributed by atoms with van der Waals surface area (Å²) in [5, 5.41) is 8.48. The van der Waals surface area contributed by atoms with Gasteiger partial charge in [0.2, 0.25) is 5.88 Å². The molecular weight excluding hydrogens is 263 g/mol. The standard InChI is InChI=1S/C9H3F5N2O2/c10-7(11)5-1-4(3-17)8(16-6(5)2-15)18-9(12,13)14/h1,3,7H. The minimum absolute atomic E-state index is 0.124. The summed E-state index contributed by atoms with van der Waals surface area (Å²) in [4.78, 5) is 13.4. The van der Waals surface area contributed by atoms with E-state index in [9.17, 15) is 26.7 Å². The molecule has 0 saturated carbocycles. The zero-order valence-corrected chi connectivity index (χ0v) is 8.33. The van der Waals surface area contributed by atoms with Gasteiger partial charge in [-0.05, 0) is 6.07 Å². The first-order chi connectivity index (χ1) is 8.28. The number of carbonyl (C=O) groups is 1. The summed E-state index contributed by atoms with van der Waals surface area (Å²) in [5.41, 5.74) is -2.69. The molecule has 9 heteroatoms. The van der Waals surface area contributed by atoms with Crippen molar-refractivity contribution in [3.63, 3.8) is 0 Å². The summed E-state index contributed by atoms with van der Waals surface area (Å²) in [5.74, 6) is -1.24. The van der Waals surface area contributed by atoms with Crippen molar-refractivity contribution in [1.29, 1.82) is 5.26 Å². The fraction of sp³-hybridized carbons (Fsp3) is 0.222. The van der Waals surface area contributed by atoms with Gasteiger partial charge in [0.25, 0.3) is 6.43 Å². The Balaban J connectivity index is 3.36. The van der Waals surface area contributed by atoms with Gasteiger partial charge in [0.15, 0.2) is 12.0 Å². The van der Waals surface area contributed by atoms with E-state index in [2.05, 4.69) is 9.72 Å². The molecule has 1 rings (SSSR count). The van der Waals surface area contributed by atoms with E-state index in [0.29, 0.717) is 6.07 Å². The summed E-state index contributed by atoms with van der Waals surface area (Å²) < 4.78 is 64.1. The third-order valence-corrected chi connectivity index (χ3v) is 1.73. The lowest BCUT2D eigenvalue weighted by molar-refractivity contribution is -0.276. The van der Waals surface area contributed by atoms with E-state index in [1.54, 1.807) is 0 Å². The molecule has 0 saturated heterocycles. The van der Waals surface area contributed by atoms with Gasteiger partial charge in [0.05, 0.1) is 11.1 Å². The zero-order chi connectivity index (χ0) is 13.9. The number of hydrogen-bond donors (Lipinski definition) is 0. The molecule has 0 amide bonds. The van der Waals surface area contributed by atoms with Gasteiger partial charge >= 0.3 is 6.36 Å². The molecule has 0 aliphatic carbocycles. The number of hydrogen-bond acceptors (Lipinski definition) is 4. The molecule has 0 unspecified atom stereocenters. The summed E-state index contributed by atoms with van der Waals surface area (Å²) in [6.45, 7) is 0. The van der Waals surface area contributed by atoms with Gasteiger partial charge in [-0.1, -0.05) is 0 Å². The smallest absolute Gasteiger partial charge is 0.387 e. The van der Waals surface area contributed by atoms with Gasteiger partial charge in [0.1, 0.15) is 6.07 Å². The summed E-state index contributed by atoms with van der Waals surface area (Å²) in [6, 6.07) is 1.63. The van der Waals surface area contributed by atoms with Crippen LogP contribution in [-0.4, -0.2) is 17.6 Å². The van der Waals surface area contributed by atoms with Crippen LogP contribution in [0.2, 0.25) is 0 Å². The number of rotatable bonds is 3. The van der Waals surface area contributed by atoms with Crippen molar-refractivity contribution in [2.24, 2.45) is 0 Å². The Morgan fingerprint density at radius 2 is 2.06 bits per heavy atom. The first-order valence-corrected chi connectivity index (χ1v) is 4.22. The highest BCUT2D eigenvalue weighted by atomic mass is 19.4. The number of aldehydes is 1. The van der Waals surface area contributed by atoms with Crippen LogP contribution in [0.25, 0.3) is 0 Å². The van der Waals surface area contributed by atoms with Crippen LogP contribution < -0.4 is 4.74 Å². The van der Waals surface area contributed by atoms with Gasteiger partial charge in [-0.3, -0.25) is 4.79 Å². The maximum absolute atomic E-state index is 12.4. The fourth-order valence-corrected chi connectivity index (χ4v) is 1.06. The monoisotopic (exact) mass is 266 g/mol. The van der Waals surface area contributed by atoms with Crippen LogP contribution in [0.5, 0.6) is 5.88 Å².